The molecule has 0 aliphatic carbocycles. The molecule has 8 heteroatoms. The van der Waals surface area contributed by atoms with Gasteiger partial charge in [0.25, 0.3) is 0 Å². The minimum atomic E-state index is 0.0677. The quantitative estimate of drug-likeness (QED) is 0.884. The van der Waals surface area contributed by atoms with E-state index in [4.69, 9.17) is 5.26 Å². The molecule has 3 rings (SSSR count). The van der Waals surface area contributed by atoms with E-state index in [9.17, 15) is 4.79 Å². The third-order valence-electron chi connectivity index (χ3n) is 4.44. The molecule has 2 heterocycles. The Morgan fingerprint density at radius 1 is 1.20 bits per heavy atom. The van der Waals surface area contributed by atoms with Crippen molar-refractivity contribution >= 4 is 17.5 Å². The van der Waals surface area contributed by atoms with Gasteiger partial charge in [-0.1, -0.05) is 0 Å². The Hall–Kier alpha value is -3.08. The number of nitriles is 1. The molecule has 130 valence electrons. The summed E-state index contributed by atoms with van der Waals surface area (Å²) in [5.74, 6) is 1.79. The van der Waals surface area contributed by atoms with Gasteiger partial charge in [-0.25, -0.2) is 0 Å². The highest BCUT2D eigenvalue weighted by Crippen LogP contribution is 2.14. The van der Waals surface area contributed by atoms with Gasteiger partial charge in [-0.15, -0.1) is 10.2 Å². The van der Waals surface area contributed by atoms with Gasteiger partial charge in [0.2, 0.25) is 11.9 Å². The second-order valence-corrected chi connectivity index (χ2v) is 6.02. The molecule has 1 aromatic carbocycles. The summed E-state index contributed by atoms with van der Waals surface area (Å²) >= 11 is 0. The second kappa shape index (κ2) is 7.21. The van der Waals surface area contributed by atoms with Gasteiger partial charge in [-0.3, -0.25) is 4.79 Å². The first kappa shape index (κ1) is 16.8. The summed E-state index contributed by atoms with van der Waals surface area (Å²) in [5.41, 5.74) is 1.44. The van der Waals surface area contributed by atoms with E-state index in [0.29, 0.717) is 18.7 Å². The number of nitrogens with zero attached hydrogens (tertiary/aromatic N) is 6. The SMILES string of the molecule is Cc1nnc(N2CCN(C(=O)CNc3ccc(C#N)cc3)CC2)n1C. The Morgan fingerprint density at radius 2 is 1.88 bits per heavy atom. The lowest BCUT2D eigenvalue weighted by Crippen LogP contribution is -2.50. The molecule has 25 heavy (non-hydrogen) atoms. The lowest BCUT2D eigenvalue weighted by Gasteiger charge is -2.35. The Bertz CT molecular complexity index is 782. The van der Waals surface area contributed by atoms with Gasteiger partial charge >= 0.3 is 0 Å². The number of anilines is 2. The average Bonchev–Trinajstić information content (AvgIpc) is 2.99. The first-order valence-electron chi connectivity index (χ1n) is 8.21. The number of aryl methyl sites for hydroxylation is 1. The van der Waals surface area contributed by atoms with Crippen LogP contribution >= 0.6 is 0 Å². The molecule has 1 saturated heterocycles. The van der Waals surface area contributed by atoms with E-state index in [0.717, 1.165) is 30.5 Å². The molecular formula is C17H21N7O. The Labute approximate surface area is 146 Å². The van der Waals surface area contributed by atoms with Crippen LogP contribution in [0.2, 0.25) is 0 Å². The zero-order chi connectivity index (χ0) is 17.8. The van der Waals surface area contributed by atoms with E-state index >= 15 is 0 Å². The van der Waals surface area contributed by atoms with Gasteiger partial charge in [-0.2, -0.15) is 5.26 Å². The highest BCUT2D eigenvalue weighted by molar-refractivity contribution is 5.81. The van der Waals surface area contributed by atoms with Crippen LogP contribution in [-0.4, -0.2) is 58.3 Å². The van der Waals surface area contributed by atoms with Crippen molar-refractivity contribution in [3.8, 4) is 6.07 Å². The molecule has 8 nitrogen and oxygen atoms in total. The van der Waals surface area contributed by atoms with Gasteiger partial charge < -0.3 is 19.7 Å². The van der Waals surface area contributed by atoms with E-state index in [2.05, 4.69) is 26.5 Å². The topological polar surface area (TPSA) is 90.1 Å². The van der Waals surface area contributed by atoms with Crippen LogP contribution in [-0.2, 0) is 11.8 Å². The van der Waals surface area contributed by atoms with Crippen molar-refractivity contribution in [2.24, 2.45) is 7.05 Å². The predicted molar refractivity (Wildman–Crippen MR) is 94.2 cm³/mol. The number of piperazine rings is 1. The molecule has 1 fully saturated rings. The number of amides is 1. The fourth-order valence-corrected chi connectivity index (χ4v) is 2.78. The minimum Gasteiger partial charge on any atom is -0.376 e. The van der Waals surface area contributed by atoms with E-state index in [1.54, 1.807) is 24.3 Å². The molecule has 0 radical (unpaired) electrons. The van der Waals surface area contributed by atoms with Crippen LogP contribution in [0, 0.1) is 18.3 Å². The first-order chi connectivity index (χ1) is 12.1. The number of benzene rings is 1. The van der Waals surface area contributed by atoms with Crippen LogP contribution in [0.4, 0.5) is 11.6 Å². The highest BCUT2D eigenvalue weighted by Gasteiger charge is 2.23. The number of hydrogen-bond donors (Lipinski definition) is 1. The van der Waals surface area contributed by atoms with E-state index in [1.807, 2.05) is 23.4 Å². The number of hydrogen-bond acceptors (Lipinski definition) is 6. The van der Waals surface area contributed by atoms with Gasteiger partial charge in [0.15, 0.2) is 0 Å². The average molecular weight is 339 g/mol. The van der Waals surface area contributed by atoms with Crippen LogP contribution in [0.3, 0.4) is 0 Å². The number of rotatable bonds is 4. The van der Waals surface area contributed by atoms with Crippen molar-refractivity contribution in [3.63, 3.8) is 0 Å². The molecule has 1 amide bonds. The van der Waals surface area contributed by atoms with Crippen LogP contribution in [0.25, 0.3) is 0 Å². The van der Waals surface area contributed by atoms with Gasteiger partial charge in [0, 0.05) is 38.9 Å². The minimum absolute atomic E-state index is 0.0677. The van der Waals surface area contributed by atoms with Gasteiger partial charge in [0.1, 0.15) is 5.82 Å². The number of carbonyl (C=O) groups excluding carboxylic acids is 1. The van der Waals surface area contributed by atoms with E-state index in [-0.39, 0.29) is 12.5 Å². The molecule has 1 aromatic heterocycles. The van der Waals surface area contributed by atoms with Crippen molar-refractivity contribution in [3.05, 3.63) is 35.7 Å². The maximum absolute atomic E-state index is 12.4. The lowest BCUT2D eigenvalue weighted by molar-refractivity contribution is -0.129. The summed E-state index contributed by atoms with van der Waals surface area (Å²) in [7, 11) is 1.95. The third kappa shape index (κ3) is 3.71. The van der Waals surface area contributed by atoms with Crippen LogP contribution < -0.4 is 10.2 Å². The van der Waals surface area contributed by atoms with E-state index in [1.165, 1.54) is 0 Å². The van der Waals surface area contributed by atoms with Crippen molar-refractivity contribution in [1.29, 1.82) is 5.26 Å². The van der Waals surface area contributed by atoms with Gasteiger partial charge in [0.05, 0.1) is 18.2 Å². The molecule has 1 aliphatic rings. The Balaban J connectivity index is 1.49. The van der Waals surface area contributed by atoms with Crippen molar-refractivity contribution in [2.75, 3.05) is 42.9 Å². The van der Waals surface area contributed by atoms with Gasteiger partial charge in [-0.05, 0) is 31.2 Å². The largest absolute Gasteiger partial charge is 0.376 e. The lowest BCUT2D eigenvalue weighted by atomic mass is 10.2. The summed E-state index contributed by atoms with van der Waals surface area (Å²) in [6.45, 7) is 4.99. The maximum atomic E-state index is 12.4. The fourth-order valence-electron chi connectivity index (χ4n) is 2.78. The molecular weight excluding hydrogens is 318 g/mol. The van der Waals surface area contributed by atoms with Crippen LogP contribution in [0.5, 0.6) is 0 Å². The summed E-state index contributed by atoms with van der Waals surface area (Å²) in [4.78, 5) is 16.4. The predicted octanol–water partition coefficient (Wildman–Crippen LogP) is 0.756. The number of aromatic nitrogens is 3. The normalized spacial score (nSPS) is 14.3. The molecule has 1 aliphatic heterocycles. The van der Waals surface area contributed by atoms with E-state index < -0.39 is 0 Å². The zero-order valence-corrected chi connectivity index (χ0v) is 14.4. The molecule has 0 bridgehead atoms. The second-order valence-electron chi connectivity index (χ2n) is 6.02. The molecule has 0 unspecified atom stereocenters. The monoisotopic (exact) mass is 339 g/mol. The van der Waals surface area contributed by atoms with Crippen molar-refractivity contribution in [1.82, 2.24) is 19.7 Å². The zero-order valence-electron chi connectivity index (χ0n) is 14.4. The Kier molecular flexibility index (Phi) is 4.84. The highest BCUT2D eigenvalue weighted by atomic mass is 16.2. The standard InChI is InChI=1S/C17H21N7O/c1-13-20-21-17(22(13)2)24-9-7-23(8-10-24)16(25)12-19-15-5-3-14(11-18)4-6-15/h3-6,19H,7-10,12H2,1-2H3. The number of nitrogens with one attached hydrogen (secondary N) is 1. The van der Waals surface area contributed by atoms with Crippen LogP contribution in [0.1, 0.15) is 11.4 Å². The third-order valence-corrected chi connectivity index (χ3v) is 4.44. The maximum Gasteiger partial charge on any atom is 0.241 e. The Morgan fingerprint density at radius 3 is 2.44 bits per heavy atom. The van der Waals surface area contributed by atoms with Crippen LogP contribution in [0.15, 0.2) is 24.3 Å². The van der Waals surface area contributed by atoms with Crippen molar-refractivity contribution < 1.29 is 4.79 Å². The smallest absolute Gasteiger partial charge is 0.241 e. The molecule has 0 atom stereocenters. The molecule has 0 spiro atoms. The summed E-state index contributed by atoms with van der Waals surface area (Å²) in [6, 6.07) is 9.15. The molecule has 1 N–H and O–H groups in total. The molecule has 0 saturated carbocycles. The van der Waals surface area contributed by atoms with Crippen molar-refractivity contribution in [2.45, 2.75) is 6.92 Å². The summed E-state index contributed by atoms with van der Waals surface area (Å²) in [5, 5.41) is 20.2. The number of carbonyl (C=O) groups is 1. The summed E-state index contributed by atoms with van der Waals surface area (Å²) < 4.78 is 1.96. The first-order valence-corrected chi connectivity index (χ1v) is 8.21. The summed E-state index contributed by atoms with van der Waals surface area (Å²) in [6.07, 6.45) is 0. The fraction of sp³-hybridized carbons (Fsp3) is 0.412. The molecule has 2 aromatic rings.